The molecule has 0 aromatic carbocycles. The van der Waals surface area contributed by atoms with Crippen LogP contribution < -0.4 is 0 Å². The van der Waals surface area contributed by atoms with Crippen molar-refractivity contribution < 1.29 is 47.4 Å². The lowest BCUT2D eigenvalue weighted by Gasteiger charge is -2.28. The lowest BCUT2D eigenvalue weighted by atomic mass is 10.0. The maximum absolute atomic E-state index is 13.5. The van der Waals surface area contributed by atoms with Gasteiger partial charge in [0.2, 0.25) is 6.04 Å². The lowest BCUT2D eigenvalue weighted by Crippen LogP contribution is -2.49. The fourth-order valence-corrected chi connectivity index (χ4v) is 5.13. The van der Waals surface area contributed by atoms with E-state index < -0.39 is 72.6 Å². The third-order valence-corrected chi connectivity index (χ3v) is 6.34. The summed E-state index contributed by atoms with van der Waals surface area (Å²) in [6.07, 6.45) is -3.16. The highest BCUT2D eigenvalue weighted by molar-refractivity contribution is 5.60. The Morgan fingerprint density at radius 3 is 2.03 bits per heavy atom. The number of rotatable bonds is 4. The Morgan fingerprint density at radius 1 is 0.812 bits per heavy atom. The van der Waals surface area contributed by atoms with E-state index in [1.807, 2.05) is 27.7 Å². The van der Waals surface area contributed by atoms with Gasteiger partial charge in [-0.15, -0.1) is 0 Å². The van der Waals surface area contributed by atoms with Crippen LogP contribution in [0.1, 0.15) is 41.5 Å². The summed E-state index contributed by atoms with van der Waals surface area (Å²) in [5.74, 6) is -2.41. The molecule has 0 aromatic heterocycles. The van der Waals surface area contributed by atoms with E-state index in [1.54, 1.807) is 21.0 Å². The molecule has 0 amide bonds. The van der Waals surface area contributed by atoms with Crippen LogP contribution in [0, 0.1) is 5.21 Å². The van der Waals surface area contributed by atoms with Crippen molar-refractivity contribution in [2.45, 2.75) is 114 Å². The smallest absolute Gasteiger partial charge is 0.222 e. The molecule has 9 atom stereocenters. The van der Waals surface area contributed by atoms with E-state index in [0.717, 1.165) is 4.74 Å². The molecule has 5 saturated heterocycles. The molecular weight excluding hydrogens is 426 g/mol. The molecule has 0 aromatic rings. The summed E-state index contributed by atoms with van der Waals surface area (Å²) in [5.41, 5.74) is 0. The van der Waals surface area contributed by atoms with Crippen LogP contribution >= 0.6 is 0 Å². The topological polar surface area (TPSA) is 109 Å². The number of hydrogen-bond donors (Lipinski definition) is 0. The van der Waals surface area contributed by atoms with Crippen LogP contribution in [0.25, 0.3) is 0 Å². The van der Waals surface area contributed by atoms with Crippen LogP contribution in [0.3, 0.4) is 0 Å². The third-order valence-electron chi connectivity index (χ3n) is 6.34. The van der Waals surface area contributed by atoms with Gasteiger partial charge < -0.3 is 47.8 Å². The number of hydrogen-bond acceptors (Lipinski definition) is 10. The maximum atomic E-state index is 13.5. The quantitative estimate of drug-likeness (QED) is 0.260. The number of hydroxylamine groups is 1. The van der Waals surface area contributed by atoms with Crippen LogP contribution in [0.15, 0.2) is 0 Å². The standard InChI is InChI=1S/C21H33NO10/c1-19(2)25-9-11(28-19)13-12(15-17(27-13)31-20(3,4)29-15)22(23)8-10-14(24-7)16-18(26-10)32-21(5,6)30-16/h8,10-18H,9H2,1-7H3. The van der Waals surface area contributed by atoms with E-state index >= 15 is 0 Å². The number of nitrogens with zero attached hydrogens (tertiary/aromatic N) is 1. The Bertz CT molecular complexity index is 770. The Hall–Kier alpha value is -0.890. The van der Waals surface area contributed by atoms with Crippen molar-refractivity contribution in [2.75, 3.05) is 13.7 Å². The third kappa shape index (κ3) is 3.97. The van der Waals surface area contributed by atoms with E-state index in [2.05, 4.69) is 0 Å². The Kier molecular flexibility index (Phi) is 5.40. The Morgan fingerprint density at radius 2 is 1.44 bits per heavy atom. The monoisotopic (exact) mass is 459 g/mol. The molecule has 11 heteroatoms. The predicted octanol–water partition coefficient (Wildman–Crippen LogP) is 0.855. The van der Waals surface area contributed by atoms with Gasteiger partial charge in [-0.25, -0.2) is 4.74 Å². The highest BCUT2D eigenvalue weighted by Gasteiger charge is 2.63. The van der Waals surface area contributed by atoms with Gasteiger partial charge in [0.25, 0.3) is 0 Å². The van der Waals surface area contributed by atoms with E-state index in [0.29, 0.717) is 6.61 Å². The molecule has 0 saturated carbocycles. The summed E-state index contributed by atoms with van der Waals surface area (Å²) in [4.78, 5) is 0. The summed E-state index contributed by atoms with van der Waals surface area (Å²) in [5, 5.41) is 13.5. The van der Waals surface area contributed by atoms with Crippen LogP contribution in [-0.4, -0.2) is 97.3 Å². The molecule has 32 heavy (non-hydrogen) atoms. The van der Waals surface area contributed by atoms with Crippen LogP contribution in [-0.2, 0) is 42.6 Å². The first-order chi connectivity index (χ1) is 14.9. The van der Waals surface area contributed by atoms with E-state index in [4.69, 9.17) is 42.6 Å². The molecule has 0 bridgehead atoms. The first-order valence-electron chi connectivity index (χ1n) is 11.1. The first-order valence-corrected chi connectivity index (χ1v) is 11.1. The summed E-state index contributed by atoms with van der Waals surface area (Å²) < 4.78 is 53.8. The highest BCUT2D eigenvalue weighted by Crippen LogP contribution is 2.42. The van der Waals surface area contributed by atoms with Gasteiger partial charge in [0, 0.05) is 7.11 Å². The largest absolute Gasteiger partial charge is 0.624 e. The van der Waals surface area contributed by atoms with Crippen LogP contribution in [0.4, 0.5) is 0 Å². The first kappa shape index (κ1) is 22.9. The minimum atomic E-state index is -0.866. The van der Waals surface area contributed by atoms with Gasteiger partial charge in [-0.3, -0.25) is 0 Å². The second-order valence-electron chi connectivity index (χ2n) is 10.2. The number of ether oxygens (including phenoxy) is 9. The zero-order valence-corrected chi connectivity index (χ0v) is 19.5. The zero-order chi connectivity index (χ0) is 23.1. The van der Waals surface area contributed by atoms with Crippen LogP contribution in [0.2, 0.25) is 0 Å². The molecule has 11 nitrogen and oxygen atoms in total. The molecule has 0 N–H and O–H groups in total. The summed E-state index contributed by atoms with van der Waals surface area (Å²) >= 11 is 0. The molecule has 182 valence electrons. The van der Waals surface area contributed by atoms with Crippen molar-refractivity contribution in [3.05, 3.63) is 5.21 Å². The van der Waals surface area contributed by atoms with Crippen molar-refractivity contribution in [3.8, 4) is 0 Å². The van der Waals surface area contributed by atoms with Gasteiger partial charge in [0.05, 0.1) is 6.61 Å². The van der Waals surface area contributed by atoms with Crippen molar-refractivity contribution in [3.63, 3.8) is 0 Å². The lowest BCUT2D eigenvalue weighted by molar-refractivity contribution is -0.520. The summed E-state index contributed by atoms with van der Waals surface area (Å²) in [7, 11) is 1.56. The van der Waals surface area contributed by atoms with Crippen molar-refractivity contribution in [2.24, 2.45) is 0 Å². The molecule has 5 rings (SSSR count). The minimum absolute atomic E-state index is 0.298. The van der Waals surface area contributed by atoms with Crippen molar-refractivity contribution in [1.82, 2.24) is 0 Å². The van der Waals surface area contributed by atoms with Crippen molar-refractivity contribution >= 4 is 6.21 Å². The molecule has 0 radical (unpaired) electrons. The molecule has 9 unspecified atom stereocenters. The molecule has 0 spiro atoms. The Balaban J connectivity index is 1.39. The van der Waals surface area contributed by atoms with Gasteiger partial charge in [-0.2, -0.15) is 0 Å². The van der Waals surface area contributed by atoms with Gasteiger partial charge in [-0.05, 0) is 41.5 Å². The summed E-state index contributed by atoms with van der Waals surface area (Å²) in [6, 6.07) is -0.732. The van der Waals surface area contributed by atoms with Crippen molar-refractivity contribution in [1.29, 1.82) is 0 Å². The average Bonchev–Trinajstić information content (AvgIpc) is 3.39. The number of fused-ring (bicyclic) bond motifs is 2. The second kappa shape index (κ2) is 7.56. The van der Waals surface area contributed by atoms with Crippen LogP contribution in [0.5, 0.6) is 0 Å². The molecular formula is C21H33NO10. The van der Waals surface area contributed by atoms with Gasteiger partial charge in [-0.1, -0.05) is 0 Å². The van der Waals surface area contributed by atoms with Gasteiger partial charge in [0.15, 0.2) is 54.5 Å². The molecule has 5 heterocycles. The van der Waals surface area contributed by atoms with E-state index in [9.17, 15) is 5.21 Å². The van der Waals surface area contributed by atoms with Gasteiger partial charge in [0.1, 0.15) is 18.3 Å². The minimum Gasteiger partial charge on any atom is -0.624 e. The fraction of sp³-hybridized carbons (Fsp3) is 0.952. The number of methoxy groups -OCH3 is 1. The van der Waals surface area contributed by atoms with E-state index in [-0.39, 0.29) is 0 Å². The molecule has 0 aliphatic carbocycles. The average molecular weight is 459 g/mol. The summed E-state index contributed by atoms with van der Waals surface area (Å²) in [6.45, 7) is 11.1. The molecule has 5 aliphatic rings. The molecule has 5 fully saturated rings. The fourth-order valence-electron chi connectivity index (χ4n) is 5.13. The van der Waals surface area contributed by atoms with E-state index in [1.165, 1.54) is 6.21 Å². The highest BCUT2D eigenvalue weighted by atomic mass is 16.9. The maximum Gasteiger partial charge on any atom is 0.222 e. The second-order valence-corrected chi connectivity index (χ2v) is 10.2. The zero-order valence-electron chi connectivity index (χ0n) is 19.5. The molecule has 5 aliphatic heterocycles. The van der Waals surface area contributed by atoms with Gasteiger partial charge >= 0.3 is 0 Å². The predicted molar refractivity (Wildman–Crippen MR) is 107 cm³/mol. The Labute approximate surface area is 187 Å². The SMILES string of the molecule is COC1C(C=[N+]([O-])C2C(C3COC(C)(C)O3)OC3OC(C)(C)OC32)OC2OC(C)(C)OC21. The normalized spacial score (nSPS) is 48.8.